The number of carboxylic acid groups (broad SMARTS) is 3. The molecule has 6 nitrogen and oxygen atoms in total. The van der Waals surface area contributed by atoms with Crippen molar-refractivity contribution in [1.82, 2.24) is 0 Å². The molecule has 0 amide bonds. The van der Waals surface area contributed by atoms with Crippen molar-refractivity contribution in [3.8, 4) is 0 Å². The van der Waals surface area contributed by atoms with Crippen LogP contribution in [0, 0.1) is 38.2 Å². The van der Waals surface area contributed by atoms with Crippen molar-refractivity contribution in [3.63, 3.8) is 0 Å². The summed E-state index contributed by atoms with van der Waals surface area (Å²) < 4.78 is 0. The Bertz CT molecular complexity index is 662. The van der Waals surface area contributed by atoms with Crippen LogP contribution in [0.4, 0.5) is 0 Å². The minimum absolute atomic E-state index is 0. The van der Waals surface area contributed by atoms with Gasteiger partial charge in [-0.25, -0.2) is 0 Å². The van der Waals surface area contributed by atoms with E-state index in [0.717, 1.165) is 38.5 Å². The molecular formula is C42H78DyO6. The molecule has 0 aromatic rings. The number of hydrogen-bond donors (Lipinski definition) is 3. The summed E-state index contributed by atoms with van der Waals surface area (Å²) >= 11 is 0. The molecule has 0 aliphatic heterocycles. The van der Waals surface area contributed by atoms with Crippen LogP contribution in [0.15, 0.2) is 36.5 Å². The number of unbranched alkanes of at least 4 members (excludes halogenated alkanes) is 21. The Morgan fingerprint density at radius 3 is 0.714 bits per heavy atom. The third kappa shape index (κ3) is 65.8. The summed E-state index contributed by atoms with van der Waals surface area (Å²) in [6.45, 7) is 6.64. The van der Waals surface area contributed by atoms with Crippen LogP contribution in [0.1, 0.15) is 213 Å². The van der Waals surface area contributed by atoms with Crippen LogP contribution >= 0.6 is 0 Å². The number of hydrogen-bond acceptors (Lipinski definition) is 3. The molecular weight excluding hydrogens is 763 g/mol. The zero-order valence-corrected chi connectivity index (χ0v) is 34.1. The molecule has 0 aromatic heterocycles. The molecule has 7 heteroatoms. The van der Waals surface area contributed by atoms with Gasteiger partial charge in [-0.15, -0.1) is 0 Å². The molecule has 0 saturated heterocycles. The third-order valence-corrected chi connectivity index (χ3v) is 7.96. The van der Waals surface area contributed by atoms with Crippen LogP contribution in [-0.2, 0) is 14.4 Å². The molecule has 0 fully saturated rings. The van der Waals surface area contributed by atoms with Gasteiger partial charge in [0.25, 0.3) is 0 Å². The molecule has 0 radical (unpaired) electrons. The molecule has 292 valence electrons. The Kier molecular flexibility index (Phi) is 57.2. The first-order chi connectivity index (χ1) is 23.3. The van der Waals surface area contributed by atoms with Crippen molar-refractivity contribution >= 4 is 17.9 Å². The molecule has 0 atom stereocenters. The zero-order valence-electron chi connectivity index (χ0n) is 32.1. The largest absolute Gasteiger partial charge is 0.481 e. The Labute approximate surface area is 333 Å². The van der Waals surface area contributed by atoms with Crippen molar-refractivity contribution in [2.45, 2.75) is 213 Å². The second-order valence-corrected chi connectivity index (χ2v) is 12.9. The summed E-state index contributed by atoms with van der Waals surface area (Å²) in [6.07, 6.45) is 46.3. The first kappa shape index (κ1) is 54.7. The minimum Gasteiger partial charge on any atom is -0.481 e. The van der Waals surface area contributed by atoms with Gasteiger partial charge in [-0.1, -0.05) is 154 Å². The van der Waals surface area contributed by atoms with Crippen LogP contribution in [0.5, 0.6) is 0 Å². The molecule has 0 aromatic carbocycles. The van der Waals surface area contributed by atoms with E-state index in [1.54, 1.807) is 0 Å². The summed E-state index contributed by atoms with van der Waals surface area (Å²) in [4.78, 5) is 30.8. The van der Waals surface area contributed by atoms with Crippen molar-refractivity contribution in [2.24, 2.45) is 0 Å². The van der Waals surface area contributed by atoms with E-state index in [9.17, 15) is 14.4 Å². The summed E-state index contributed by atoms with van der Waals surface area (Å²) in [7, 11) is 0. The summed E-state index contributed by atoms with van der Waals surface area (Å²) in [5.41, 5.74) is 0. The van der Waals surface area contributed by atoms with Crippen LogP contribution in [-0.4, -0.2) is 33.2 Å². The van der Waals surface area contributed by atoms with Gasteiger partial charge in [0.15, 0.2) is 0 Å². The molecule has 49 heavy (non-hydrogen) atoms. The van der Waals surface area contributed by atoms with Gasteiger partial charge in [-0.05, 0) is 77.0 Å². The summed E-state index contributed by atoms with van der Waals surface area (Å²) in [5, 5.41) is 25.3. The van der Waals surface area contributed by atoms with Crippen LogP contribution in [0.2, 0.25) is 0 Å². The molecule has 0 unspecified atom stereocenters. The minimum atomic E-state index is -0.668. The summed E-state index contributed by atoms with van der Waals surface area (Å²) in [6, 6.07) is 0. The first-order valence-electron chi connectivity index (χ1n) is 19.9. The van der Waals surface area contributed by atoms with Crippen molar-refractivity contribution in [3.05, 3.63) is 36.5 Å². The first-order valence-corrected chi connectivity index (χ1v) is 19.9. The third-order valence-electron chi connectivity index (χ3n) is 7.96. The van der Waals surface area contributed by atoms with E-state index in [0.29, 0.717) is 19.3 Å². The second kappa shape index (κ2) is 51.3. The van der Waals surface area contributed by atoms with Crippen LogP contribution in [0.25, 0.3) is 0 Å². The van der Waals surface area contributed by atoms with Gasteiger partial charge in [0.05, 0.1) is 0 Å². The Morgan fingerprint density at radius 2 is 0.510 bits per heavy atom. The Hall–Kier alpha value is -1.10. The van der Waals surface area contributed by atoms with Gasteiger partial charge >= 0.3 is 17.9 Å². The monoisotopic (exact) mass is 843 g/mol. The van der Waals surface area contributed by atoms with Crippen LogP contribution in [0.3, 0.4) is 0 Å². The van der Waals surface area contributed by atoms with Crippen LogP contribution < -0.4 is 0 Å². The molecule has 0 bridgehead atoms. The van der Waals surface area contributed by atoms with Gasteiger partial charge in [0.1, 0.15) is 0 Å². The SMILES string of the molecule is CCCC/C=C\CCCCCCCC(=O)O.CCCC/C=C\CCCCCCCC(=O)O.CCCC/C=C\CCCCCCCC(=O)O.[Dy]. The fourth-order valence-corrected chi connectivity index (χ4v) is 4.88. The average molecular weight is 842 g/mol. The van der Waals surface area contributed by atoms with E-state index in [2.05, 4.69) is 57.2 Å². The van der Waals surface area contributed by atoms with E-state index >= 15 is 0 Å². The number of rotatable bonds is 33. The number of aliphatic carboxylic acids is 3. The van der Waals surface area contributed by atoms with E-state index in [1.807, 2.05) is 0 Å². The molecule has 0 spiro atoms. The van der Waals surface area contributed by atoms with Gasteiger partial charge in [0.2, 0.25) is 0 Å². The molecule has 0 aliphatic carbocycles. The van der Waals surface area contributed by atoms with E-state index in [-0.39, 0.29) is 38.2 Å². The predicted octanol–water partition coefficient (Wildman–Crippen LogP) is 13.6. The maximum Gasteiger partial charge on any atom is 0.303 e. The zero-order chi connectivity index (χ0) is 36.2. The fourth-order valence-electron chi connectivity index (χ4n) is 4.88. The fraction of sp³-hybridized carbons (Fsp3) is 0.786. The summed E-state index contributed by atoms with van der Waals surface area (Å²) in [5.74, 6) is -2.00. The van der Waals surface area contributed by atoms with E-state index in [1.165, 1.54) is 135 Å². The molecule has 0 heterocycles. The quantitative estimate of drug-likeness (QED) is 0.0448. The second-order valence-electron chi connectivity index (χ2n) is 12.9. The number of carboxylic acids is 3. The number of carbonyl (C=O) groups is 3. The van der Waals surface area contributed by atoms with Gasteiger partial charge in [-0.2, -0.15) is 0 Å². The molecule has 3 N–H and O–H groups in total. The maximum atomic E-state index is 10.3. The van der Waals surface area contributed by atoms with Crippen molar-refractivity contribution < 1.29 is 67.9 Å². The van der Waals surface area contributed by atoms with E-state index in [4.69, 9.17) is 15.3 Å². The van der Waals surface area contributed by atoms with Gasteiger partial charge in [0, 0.05) is 57.4 Å². The number of allylic oxidation sites excluding steroid dienone is 6. The average Bonchev–Trinajstić information content (AvgIpc) is 3.05. The smallest absolute Gasteiger partial charge is 0.303 e. The topological polar surface area (TPSA) is 112 Å². The predicted molar refractivity (Wildman–Crippen MR) is 206 cm³/mol. The molecule has 0 rings (SSSR count). The van der Waals surface area contributed by atoms with Crippen molar-refractivity contribution in [1.29, 1.82) is 0 Å². The van der Waals surface area contributed by atoms with Gasteiger partial charge in [-0.3, -0.25) is 14.4 Å². The Morgan fingerprint density at radius 1 is 0.327 bits per heavy atom. The Balaban J connectivity index is -0.000000307. The maximum absolute atomic E-state index is 10.3. The molecule has 0 saturated carbocycles. The van der Waals surface area contributed by atoms with Gasteiger partial charge < -0.3 is 15.3 Å². The van der Waals surface area contributed by atoms with E-state index < -0.39 is 17.9 Å². The molecule has 0 aliphatic rings. The van der Waals surface area contributed by atoms with Crippen molar-refractivity contribution in [2.75, 3.05) is 0 Å². The standard InChI is InChI=1S/3C14H26O2.Dy/c3*1-2-3-4-5-6-7-8-9-10-11-12-13-14(15)16;/h3*5-6H,2-4,7-13H2,1H3,(H,15,16);/b3*6-5-;. The normalized spacial score (nSPS) is 10.8.